The van der Waals surface area contributed by atoms with Gasteiger partial charge in [-0.2, -0.15) is 0 Å². The van der Waals surface area contributed by atoms with Crippen molar-refractivity contribution in [2.24, 2.45) is 0 Å². The minimum Gasteiger partial charge on any atom is -0.347 e. The lowest BCUT2D eigenvalue weighted by molar-refractivity contribution is 0.0951. The number of anilines is 1. The molecule has 5 nitrogen and oxygen atoms in total. The standard InChI is InChI=1S/C21H21ClN2O3S2/c1-15-11-12-28-20(15)13-23-21(25)16-7-9-18(10-8-16)24(29(2,26)27)14-17-5-3-4-6-19(17)22/h3-12H,13-14H2,1-2H3,(H,23,25). The van der Waals surface area contributed by atoms with Crippen molar-refractivity contribution in [2.75, 3.05) is 10.6 Å². The predicted molar refractivity (Wildman–Crippen MR) is 119 cm³/mol. The number of carbonyl (C=O) groups excluding carboxylic acids is 1. The summed E-state index contributed by atoms with van der Waals surface area (Å²) in [4.78, 5) is 13.5. The number of nitrogens with one attached hydrogen (secondary N) is 1. The van der Waals surface area contributed by atoms with Gasteiger partial charge < -0.3 is 5.32 Å². The zero-order valence-corrected chi connectivity index (χ0v) is 18.4. The third kappa shape index (κ3) is 5.38. The van der Waals surface area contributed by atoms with Gasteiger partial charge in [-0.05, 0) is 59.8 Å². The lowest BCUT2D eigenvalue weighted by atomic mass is 10.1. The van der Waals surface area contributed by atoms with Crippen molar-refractivity contribution in [3.05, 3.63) is 86.6 Å². The Morgan fingerprint density at radius 3 is 2.38 bits per heavy atom. The van der Waals surface area contributed by atoms with Crippen molar-refractivity contribution in [2.45, 2.75) is 20.0 Å². The van der Waals surface area contributed by atoms with Gasteiger partial charge in [0.25, 0.3) is 5.91 Å². The first-order valence-corrected chi connectivity index (χ1v) is 12.0. The van der Waals surface area contributed by atoms with Crippen LogP contribution in [0, 0.1) is 6.92 Å². The number of rotatable bonds is 7. The maximum absolute atomic E-state index is 12.4. The molecule has 0 aliphatic heterocycles. The monoisotopic (exact) mass is 448 g/mol. The van der Waals surface area contributed by atoms with E-state index in [4.69, 9.17) is 11.6 Å². The molecule has 1 heterocycles. The summed E-state index contributed by atoms with van der Waals surface area (Å²) in [5, 5.41) is 5.38. The minimum atomic E-state index is -3.54. The number of hydrogen-bond acceptors (Lipinski definition) is 4. The molecule has 152 valence electrons. The van der Waals surface area contributed by atoms with Crippen molar-refractivity contribution in [1.82, 2.24) is 5.32 Å². The average molecular weight is 449 g/mol. The molecule has 1 N–H and O–H groups in total. The van der Waals surface area contributed by atoms with E-state index in [2.05, 4.69) is 5.32 Å². The van der Waals surface area contributed by atoms with Crippen LogP contribution in [-0.4, -0.2) is 20.6 Å². The summed E-state index contributed by atoms with van der Waals surface area (Å²) in [5.74, 6) is -0.207. The third-order valence-electron chi connectivity index (χ3n) is 4.47. The topological polar surface area (TPSA) is 66.5 Å². The average Bonchev–Trinajstić information content (AvgIpc) is 3.09. The zero-order chi connectivity index (χ0) is 21.0. The Labute approximate surface area is 180 Å². The van der Waals surface area contributed by atoms with Crippen LogP contribution in [0.15, 0.2) is 60.0 Å². The van der Waals surface area contributed by atoms with Crippen molar-refractivity contribution >= 4 is 44.6 Å². The van der Waals surface area contributed by atoms with Crippen LogP contribution in [0.5, 0.6) is 0 Å². The number of sulfonamides is 1. The third-order valence-corrected chi connectivity index (χ3v) is 7.00. The van der Waals surface area contributed by atoms with E-state index < -0.39 is 10.0 Å². The van der Waals surface area contributed by atoms with E-state index in [0.29, 0.717) is 28.4 Å². The molecule has 0 saturated heterocycles. The van der Waals surface area contributed by atoms with Crippen LogP contribution in [0.1, 0.15) is 26.4 Å². The fourth-order valence-corrected chi connectivity index (χ4v) is 4.73. The van der Waals surface area contributed by atoms with Gasteiger partial charge in [-0.25, -0.2) is 8.42 Å². The molecule has 0 saturated carbocycles. The first-order valence-electron chi connectivity index (χ1n) is 8.88. The normalized spacial score (nSPS) is 11.3. The maximum Gasteiger partial charge on any atom is 0.251 e. The molecule has 1 amide bonds. The molecule has 0 aliphatic rings. The van der Waals surface area contributed by atoms with Gasteiger partial charge in [0.1, 0.15) is 0 Å². The van der Waals surface area contributed by atoms with Gasteiger partial charge in [-0.3, -0.25) is 9.10 Å². The summed E-state index contributed by atoms with van der Waals surface area (Å²) in [6.45, 7) is 2.58. The first-order chi connectivity index (χ1) is 13.8. The number of carbonyl (C=O) groups is 1. The molecular formula is C21H21ClN2O3S2. The fourth-order valence-electron chi connectivity index (χ4n) is 2.81. The van der Waals surface area contributed by atoms with E-state index in [0.717, 1.165) is 16.7 Å². The molecule has 2 aromatic carbocycles. The lowest BCUT2D eigenvalue weighted by Gasteiger charge is -2.23. The van der Waals surface area contributed by atoms with E-state index in [9.17, 15) is 13.2 Å². The van der Waals surface area contributed by atoms with E-state index in [-0.39, 0.29) is 12.5 Å². The molecule has 0 unspecified atom stereocenters. The van der Waals surface area contributed by atoms with Gasteiger partial charge in [0.2, 0.25) is 10.0 Å². The molecule has 1 aromatic heterocycles. The number of halogens is 1. The molecule has 3 aromatic rings. The number of amides is 1. The van der Waals surface area contributed by atoms with Crippen LogP contribution in [0.3, 0.4) is 0 Å². The number of thiophene rings is 1. The zero-order valence-electron chi connectivity index (χ0n) is 16.1. The second-order valence-corrected chi connectivity index (χ2v) is 9.93. The highest BCUT2D eigenvalue weighted by atomic mass is 35.5. The molecule has 0 aliphatic carbocycles. The Morgan fingerprint density at radius 2 is 1.79 bits per heavy atom. The molecular weight excluding hydrogens is 428 g/mol. The predicted octanol–water partition coefficient (Wildman–Crippen LogP) is 4.61. The van der Waals surface area contributed by atoms with Crippen LogP contribution >= 0.6 is 22.9 Å². The molecule has 0 radical (unpaired) electrons. The Hall–Kier alpha value is -2.35. The highest BCUT2D eigenvalue weighted by molar-refractivity contribution is 7.92. The van der Waals surface area contributed by atoms with E-state index in [1.807, 2.05) is 24.4 Å². The van der Waals surface area contributed by atoms with Crippen molar-refractivity contribution in [3.63, 3.8) is 0 Å². The van der Waals surface area contributed by atoms with Gasteiger partial charge in [-0.15, -0.1) is 11.3 Å². The summed E-state index contributed by atoms with van der Waals surface area (Å²) in [6.07, 6.45) is 1.15. The highest BCUT2D eigenvalue weighted by Crippen LogP contribution is 2.24. The number of hydrogen-bond donors (Lipinski definition) is 1. The number of aryl methyl sites for hydroxylation is 1. The summed E-state index contributed by atoms with van der Waals surface area (Å²) < 4.78 is 25.9. The molecule has 29 heavy (non-hydrogen) atoms. The summed E-state index contributed by atoms with van der Waals surface area (Å²) >= 11 is 7.79. The summed E-state index contributed by atoms with van der Waals surface area (Å²) in [5.41, 5.74) is 2.79. The molecule has 0 fully saturated rings. The van der Waals surface area contributed by atoms with Crippen LogP contribution in [0.25, 0.3) is 0 Å². The Bertz CT molecular complexity index is 1110. The molecule has 0 atom stereocenters. The highest BCUT2D eigenvalue weighted by Gasteiger charge is 2.19. The minimum absolute atomic E-state index is 0.113. The molecule has 3 rings (SSSR count). The van der Waals surface area contributed by atoms with E-state index in [1.165, 1.54) is 4.31 Å². The molecule has 0 spiro atoms. The van der Waals surface area contributed by atoms with Crippen molar-refractivity contribution < 1.29 is 13.2 Å². The van der Waals surface area contributed by atoms with Gasteiger partial charge >= 0.3 is 0 Å². The second-order valence-electron chi connectivity index (χ2n) is 6.62. The van der Waals surface area contributed by atoms with Gasteiger partial charge in [0, 0.05) is 15.5 Å². The SMILES string of the molecule is Cc1ccsc1CNC(=O)c1ccc(N(Cc2ccccc2Cl)S(C)(=O)=O)cc1. The van der Waals surface area contributed by atoms with Crippen molar-refractivity contribution in [3.8, 4) is 0 Å². The lowest BCUT2D eigenvalue weighted by Crippen LogP contribution is -2.29. The summed E-state index contributed by atoms with van der Waals surface area (Å²) in [7, 11) is -3.54. The van der Waals surface area contributed by atoms with E-state index in [1.54, 1.807) is 53.8 Å². The van der Waals surface area contributed by atoms with Crippen LogP contribution in [0.4, 0.5) is 5.69 Å². The molecule has 0 bridgehead atoms. The Balaban J connectivity index is 1.76. The summed E-state index contributed by atoms with van der Waals surface area (Å²) in [6, 6.07) is 15.6. The first kappa shape index (κ1) is 21.4. The Morgan fingerprint density at radius 1 is 1.10 bits per heavy atom. The smallest absolute Gasteiger partial charge is 0.251 e. The van der Waals surface area contributed by atoms with Crippen LogP contribution in [0.2, 0.25) is 5.02 Å². The van der Waals surface area contributed by atoms with Gasteiger partial charge in [0.15, 0.2) is 0 Å². The maximum atomic E-state index is 12.4. The van der Waals surface area contributed by atoms with Gasteiger partial charge in [0.05, 0.1) is 25.0 Å². The number of nitrogens with zero attached hydrogens (tertiary/aromatic N) is 1. The van der Waals surface area contributed by atoms with Gasteiger partial charge in [-0.1, -0.05) is 29.8 Å². The van der Waals surface area contributed by atoms with Crippen molar-refractivity contribution in [1.29, 1.82) is 0 Å². The molecule has 8 heteroatoms. The fraction of sp³-hybridized carbons (Fsp3) is 0.190. The quantitative estimate of drug-likeness (QED) is 0.574. The number of benzene rings is 2. The second kappa shape index (κ2) is 8.98. The largest absolute Gasteiger partial charge is 0.347 e. The van der Waals surface area contributed by atoms with Crippen LogP contribution < -0.4 is 9.62 Å². The Kier molecular flexibility index (Phi) is 6.62. The van der Waals surface area contributed by atoms with Crippen LogP contribution in [-0.2, 0) is 23.1 Å². The van der Waals surface area contributed by atoms with E-state index >= 15 is 0 Å².